The first kappa shape index (κ1) is 39.7. The number of aliphatic hydroxyl groups excluding tert-OH is 5. The smallest absolute Gasteiger partial charge is 0.310 e. The lowest BCUT2D eigenvalue weighted by atomic mass is 9.33. The van der Waals surface area contributed by atoms with Crippen LogP contribution >= 0.6 is 0 Å². The molecule has 0 spiro atoms. The Balaban J connectivity index is 1.13. The number of hydrogen-bond acceptors (Lipinski definition) is 11. The minimum Gasteiger partial charge on any atom is -0.481 e. The molecule has 2 saturated heterocycles. The molecule has 7 aliphatic rings. The predicted molar refractivity (Wildman–Crippen MR) is 191 cm³/mol. The minimum atomic E-state index is -1.73. The first-order chi connectivity index (χ1) is 24.7. The summed E-state index contributed by atoms with van der Waals surface area (Å²) in [5.74, 6) is -0.606. The van der Waals surface area contributed by atoms with Crippen LogP contribution < -0.4 is 0 Å². The number of rotatable bonds is 6. The van der Waals surface area contributed by atoms with Gasteiger partial charge in [0.05, 0.1) is 24.7 Å². The molecule has 0 radical (unpaired) electrons. The molecule has 5 aliphatic carbocycles. The number of aliphatic hydroxyl groups is 5. The molecule has 2 heterocycles. The van der Waals surface area contributed by atoms with Gasteiger partial charge in [-0.3, -0.25) is 9.59 Å². The SMILES string of the molecule is CC1(C)CC[C@]2(C(=O)O)CC[C@]3(C)C(=CC[C@@H]4[C@@]5(C)CC[C@H](O[C@@H]6OC[C@@H](O)C(=O)[C@H]6O[C@@H]6O[C@H](CO)[C@@H](O)[C@H](O)[C@H]6O)C(C)(C)[C@@H]5CC[C@]43C)[C@@H]2C1. The van der Waals surface area contributed by atoms with Crippen LogP contribution in [0.3, 0.4) is 0 Å². The lowest BCUT2D eigenvalue weighted by molar-refractivity contribution is -0.341. The van der Waals surface area contributed by atoms with Crippen molar-refractivity contribution in [3.63, 3.8) is 0 Å². The van der Waals surface area contributed by atoms with Crippen LogP contribution in [-0.2, 0) is 28.5 Å². The van der Waals surface area contributed by atoms with Crippen molar-refractivity contribution in [2.24, 2.45) is 50.2 Å². The lowest BCUT2D eigenvalue weighted by Gasteiger charge is -2.71. The van der Waals surface area contributed by atoms with E-state index in [-0.39, 0.29) is 51.6 Å². The molecule has 0 unspecified atom stereocenters. The number of Topliss-reactive ketones (excluding diaryl/α,β-unsaturated/α-hetero) is 1. The van der Waals surface area contributed by atoms with Crippen molar-refractivity contribution < 1.29 is 59.2 Å². The van der Waals surface area contributed by atoms with Gasteiger partial charge >= 0.3 is 5.97 Å². The summed E-state index contributed by atoms with van der Waals surface area (Å²) >= 11 is 0. The third-order valence-corrected chi connectivity index (χ3v) is 16.7. The van der Waals surface area contributed by atoms with Crippen molar-refractivity contribution in [2.75, 3.05) is 13.2 Å². The number of allylic oxidation sites excluding steroid dienone is 2. The highest BCUT2D eigenvalue weighted by molar-refractivity contribution is 5.88. The van der Waals surface area contributed by atoms with Crippen molar-refractivity contribution in [3.05, 3.63) is 11.6 Å². The molecule has 0 aromatic rings. The van der Waals surface area contributed by atoms with Gasteiger partial charge in [-0.25, -0.2) is 0 Å². The molecule has 300 valence electrons. The van der Waals surface area contributed by atoms with Gasteiger partial charge in [0.2, 0.25) is 0 Å². The number of carbonyl (C=O) groups excluding carboxylic acids is 1. The lowest BCUT2D eigenvalue weighted by Crippen LogP contribution is -2.66. The third-order valence-electron chi connectivity index (χ3n) is 16.7. The zero-order valence-corrected chi connectivity index (χ0v) is 32.6. The molecule has 6 fully saturated rings. The molecule has 16 atom stereocenters. The van der Waals surface area contributed by atoms with Gasteiger partial charge in [0.1, 0.15) is 30.5 Å². The van der Waals surface area contributed by atoms with Gasteiger partial charge in [-0.2, -0.15) is 0 Å². The fourth-order valence-electron chi connectivity index (χ4n) is 13.3. The zero-order chi connectivity index (χ0) is 38.7. The summed E-state index contributed by atoms with van der Waals surface area (Å²) < 4.78 is 24.0. The largest absolute Gasteiger partial charge is 0.481 e. The second-order valence-electron chi connectivity index (χ2n) is 20.0. The van der Waals surface area contributed by atoms with Crippen LogP contribution in [0.25, 0.3) is 0 Å². The summed E-state index contributed by atoms with van der Waals surface area (Å²) in [6.45, 7) is 15.5. The second-order valence-corrected chi connectivity index (χ2v) is 20.0. The monoisotopic (exact) mass is 748 g/mol. The molecule has 12 nitrogen and oxygen atoms in total. The summed E-state index contributed by atoms with van der Waals surface area (Å²) in [6.07, 6.45) is -1.18. The molecule has 2 aliphatic heterocycles. The highest BCUT2D eigenvalue weighted by Gasteiger charge is 2.69. The molecule has 7 rings (SSSR count). The summed E-state index contributed by atoms with van der Waals surface area (Å²) in [4.78, 5) is 26.4. The van der Waals surface area contributed by atoms with Crippen LogP contribution in [0.1, 0.15) is 113 Å². The van der Waals surface area contributed by atoms with E-state index in [9.17, 15) is 40.2 Å². The Hall–Kier alpha value is -1.48. The summed E-state index contributed by atoms with van der Waals surface area (Å²) in [7, 11) is 0. The molecule has 53 heavy (non-hydrogen) atoms. The molecule has 12 heteroatoms. The van der Waals surface area contributed by atoms with Crippen LogP contribution in [0.5, 0.6) is 0 Å². The summed E-state index contributed by atoms with van der Waals surface area (Å²) in [5, 5.41) is 62.0. The van der Waals surface area contributed by atoms with Crippen LogP contribution in [0.2, 0.25) is 0 Å². The molecular weight excluding hydrogens is 684 g/mol. The van der Waals surface area contributed by atoms with Crippen LogP contribution in [0.15, 0.2) is 11.6 Å². The van der Waals surface area contributed by atoms with E-state index in [2.05, 4.69) is 54.5 Å². The molecule has 4 saturated carbocycles. The first-order valence-corrected chi connectivity index (χ1v) is 20.1. The molecular formula is C41H64O12. The Morgan fingerprint density at radius 2 is 1.55 bits per heavy atom. The normalized spacial score (nSPS) is 51.9. The van der Waals surface area contributed by atoms with Gasteiger partial charge in [-0.15, -0.1) is 0 Å². The van der Waals surface area contributed by atoms with Gasteiger partial charge < -0.3 is 49.6 Å². The minimum absolute atomic E-state index is 0.00224. The maximum absolute atomic E-state index is 13.3. The summed E-state index contributed by atoms with van der Waals surface area (Å²) in [6, 6.07) is 0. The van der Waals surface area contributed by atoms with E-state index in [1.54, 1.807) is 0 Å². The molecule has 0 aromatic heterocycles. The molecule has 6 N–H and O–H groups in total. The Kier molecular flexibility index (Phi) is 9.97. The molecule has 0 aromatic carbocycles. The van der Waals surface area contributed by atoms with Gasteiger partial charge in [0.15, 0.2) is 24.5 Å². The highest BCUT2D eigenvalue weighted by Crippen LogP contribution is 2.76. The van der Waals surface area contributed by atoms with E-state index in [0.29, 0.717) is 12.3 Å². The average Bonchev–Trinajstić information content (AvgIpc) is 3.08. The number of aliphatic carboxylic acids is 1. The van der Waals surface area contributed by atoms with Crippen molar-refractivity contribution in [1.29, 1.82) is 0 Å². The Bertz CT molecular complexity index is 1480. The third kappa shape index (κ3) is 5.86. The fourth-order valence-corrected chi connectivity index (χ4v) is 13.3. The van der Waals surface area contributed by atoms with Crippen molar-refractivity contribution in [1.82, 2.24) is 0 Å². The topological polar surface area (TPSA) is 192 Å². The number of fused-ring (bicyclic) bond motifs is 7. The van der Waals surface area contributed by atoms with E-state index in [4.69, 9.17) is 18.9 Å². The van der Waals surface area contributed by atoms with Crippen molar-refractivity contribution in [3.8, 4) is 0 Å². The average molecular weight is 749 g/mol. The number of carbonyl (C=O) groups is 2. The van der Waals surface area contributed by atoms with Gasteiger partial charge in [0, 0.05) is 0 Å². The van der Waals surface area contributed by atoms with E-state index in [0.717, 1.165) is 57.8 Å². The van der Waals surface area contributed by atoms with E-state index < -0.39 is 73.0 Å². The van der Waals surface area contributed by atoms with E-state index in [1.165, 1.54) is 5.57 Å². The van der Waals surface area contributed by atoms with Crippen LogP contribution in [0.4, 0.5) is 0 Å². The Morgan fingerprint density at radius 3 is 2.23 bits per heavy atom. The standard InChI is InChI=1S/C41H64O12/c1-36(2)14-16-41(35(48)49)17-15-39(6)21(22(41)18-36)8-9-26-38(5)12-11-27(37(3,4)25(38)10-13-40(26,39)7)52-34-32(28(44)23(43)20-50-34)53-33-31(47)30(46)29(45)24(19-42)51-33/h8,22-27,29-34,42-43,45-47H,9-20H2,1-7H3,(H,48,49)/t22-,23+,24+,25-,26+,27-,29+,30-,31+,32+,33-,34-,38-,39+,40+,41-/m0/s1. The quantitative estimate of drug-likeness (QED) is 0.171. The zero-order valence-electron chi connectivity index (χ0n) is 32.6. The number of ether oxygens (including phenoxy) is 4. The molecule has 0 amide bonds. The van der Waals surface area contributed by atoms with Gasteiger partial charge in [-0.1, -0.05) is 60.1 Å². The first-order valence-electron chi connectivity index (χ1n) is 20.1. The van der Waals surface area contributed by atoms with Crippen molar-refractivity contribution in [2.45, 2.75) is 168 Å². The highest BCUT2D eigenvalue weighted by atomic mass is 16.7. The Labute approximate surface area is 313 Å². The van der Waals surface area contributed by atoms with Crippen LogP contribution in [0, 0.1) is 50.2 Å². The van der Waals surface area contributed by atoms with E-state index >= 15 is 0 Å². The van der Waals surface area contributed by atoms with Crippen molar-refractivity contribution >= 4 is 11.8 Å². The van der Waals surface area contributed by atoms with Gasteiger partial charge in [0.25, 0.3) is 0 Å². The number of carboxylic acid groups (broad SMARTS) is 1. The Morgan fingerprint density at radius 1 is 0.849 bits per heavy atom. The predicted octanol–water partition coefficient (Wildman–Crippen LogP) is 3.73. The summed E-state index contributed by atoms with van der Waals surface area (Å²) in [5.41, 5.74) is 0.362. The maximum atomic E-state index is 13.3. The fraction of sp³-hybridized carbons (Fsp3) is 0.902. The number of ketones is 1. The van der Waals surface area contributed by atoms with Crippen LogP contribution in [-0.4, -0.2) is 111 Å². The maximum Gasteiger partial charge on any atom is 0.310 e. The number of hydrogen-bond donors (Lipinski definition) is 6. The second kappa shape index (κ2) is 13.3. The van der Waals surface area contributed by atoms with E-state index in [1.807, 2.05) is 0 Å². The number of carboxylic acids is 1. The molecule has 0 bridgehead atoms. The van der Waals surface area contributed by atoms with Gasteiger partial charge in [-0.05, 0) is 109 Å².